The Morgan fingerprint density at radius 3 is 2.65 bits per heavy atom. The molecule has 1 heterocycles. The smallest absolute Gasteiger partial charge is 0.349 e. The summed E-state index contributed by atoms with van der Waals surface area (Å²) in [6.45, 7) is 1.81. The Morgan fingerprint density at radius 1 is 1.13 bits per heavy atom. The van der Waals surface area contributed by atoms with Crippen LogP contribution in [0.3, 0.4) is 0 Å². The number of hydrogen-bond donors (Lipinski definition) is 1. The summed E-state index contributed by atoms with van der Waals surface area (Å²) in [6, 6.07) is 11.6. The summed E-state index contributed by atoms with van der Waals surface area (Å²) in [5.74, 6) is -0.550. The van der Waals surface area contributed by atoms with E-state index in [1.165, 1.54) is 6.07 Å². The van der Waals surface area contributed by atoms with Crippen molar-refractivity contribution < 1.29 is 9.21 Å². The van der Waals surface area contributed by atoms with Crippen LogP contribution in [0.5, 0.6) is 0 Å². The number of carbonyl (C=O) groups is 1. The molecule has 0 aliphatic carbocycles. The van der Waals surface area contributed by atoms with Crippen LogP contribution < -0.4 is 10.9 Å². The maximum absolute atomic E-state index is 12.4. The minimum Gasteiger partial charge on any atom is -0.421 e. The first-order chi connectivity index (χ1) is 11.0. The lowest BCUT2D eigenvalue weighted by Gasteiger charge is -2.08. The maximum atomic E-state index is 12.4. The molecule has 1 N–H and O–H groups in total. The van der Waals surface area contributed by atoms with Crippen LogP contribution in [0, 0.1) is 6.92 Å². The van der Waals surface area contributed by atoms with Crippen LogP contribution >= 0.6 is 23.2 Å². The van der Waals surface area contributed by atoms with Crippen LogP contribution in [0.25, 0.3) is 11.0 Å². The second kappa shape index (κ2) is 6.07. The fourth-order valence-corrected chi connectivity index (χ4v) is 2.67. The quantitative estimate of drug-likeness (QED) is 0.685. The van der Waals surface area contributed by atoms with Gasteiger partial charge in [-0.3, -0.25) is 4.79 Å². The van der Waals surface area contributed by atoms with Gasteiger partial charge in [-0.25, -0.2) is 4.79 Å². The number of halogens is 2. The molecule has 0 aliphatic rings. The predicted molar refractivity (Wildman–Crippen MR) is 91.6 cm³/mol. The summed E-state index contributed by atoms with van der Waals surface area (Å²) >= 11 is 11.9. The van der Waals surface area contributed by atoms with Crippen molar-refractivity contribution in [1.82, 2.24) is 0 Å². The number of benzene rings is 2. The number of aryl methyl sites for hydroxylation is 1. The molecular formula is C17H11Cl2NO3. The highest BCUT2D eigenvalue weighted by molar-refractivity contribution is 6.34. The van der Waals surface area contributed by atoms with E-state index in [0.717, 1.165) is 5.56 Å². The van der Waals surface area contributed by atoms with Gasteiger partial charge in [0.15, 0.2) is 5.58 Å². The van der Waals surface area contributed by atoms with Crippen molar-refractivity contribution in [3.63, 3.8) is 0 Å². The fourth-order valence-electron chi connectivity index (χ4n) is 2.22. The topological polar surface area (TPSA) is 59.3 Å². The summed E-state index contributed by atoms with van der Waals surface area (Å²) in [7, 11) is 0. The Hall–Kier alpha value is -2.30. The molecule has 0 spiro atoms. The number of rotatable bonds is 2. The number of nitrogens with one attached hydrogen (secondary N) is 1. The summed E-state index contributed by atoms with van der Waals surface area (Å²) in [5, 5.41) is 4.15. The molecule has 1 amide bonds. The van der Waals surface area contributed by atoms with Crippen LogP contribution in [-0.4, -0.2) is 5.91 Å². The van der Waals surface area contributed by atoms with Crippen molar-refractivity contribution in [2.75, 3.05) is 5.32 Å². The molecule has 0 atom stereocenters. The minimum absolute atomic E-state index is 0.0888. The number of fused-ring (bicyclic) bond motifs is 1. The van der Waals surface area contributed by atoms with Gasteiger partial charge in [-0.2, -0.15) is 0 Å². The molecule has 116 valence electrons. The molecule has 0 aliphatic heterocycles. The van der Waals surface area contributed by atoms with Crippen LogP contribution in [0.2, 0.25) is 10.0 Å². The third-order valence-electron chi connectivity index (χ3n) is 3.39. The third-order valence-corrected chi connectivity index (χ3v) is 3.93. The molecule has 0 saturated heterocycles. The molecule has 0 radical (unpaired) electrons. The monoisotopic (exact) mass is 347 g/mol. The Kier molecular flexibility index (Phi) is 4.11. The van der Waals surface area contributed by atoms with E-state index in [0.29, 0.717) is 21.1 Å². The SMILES string of the molecule is Cc1cc(Cl)ccc1NC(=O)c1cc2cccc(Cl)c2oc1=O. The second-order valence-corrected chi connectivity index (χ2v) is 5.86. The van der Waals surface area contributed by atoms with E-state index in [4.69, 9.17) is 27.6 Å². The van der Waals surface area contributed by atoms with E-state index >= 15 is 0 Å². The van der Waals surface area contributed by atoms with Crippen LogP contribution in [0.15, 0.2) is 51.7 Å². The van der Waals surface area contributed by atoms with Gasteiger partial charge in [0.25, 0.3) is 5.91 Å². The number of carbonyl (C=O) groups excluding carboxylic acids is 1. The van der Waals surface area contributed by atoms with Crippen molar-refractivity contribution in [3.8, 4) is 0 Å². The molecule has 23 heavy (non-hydrogen) atoms. The fraction of sp³-hybridized carbons (Fsp3) is 0.0588. The number of anilines is 1. The van der Waals surface area contributed by atoms with Crippen molar-refractivity contribution in [3.05, 3.63) is 74.1 Å². The largest absolute Gasteiger partial charge is 0.421 e. The molecule has 0 bridgehead atoms. The number of para-hydroxylation sites is 1. The van der Waals surface area contributed by atoms with Gasteiger partial charge in [0.1, 0.15) is 5.56 Å². The van der Waals surface area contributed by atoms with E-state index in [1.54, 1.807) is 36.4 Å². The lowest BCUT2D eigenvalue weighted by Crippen LogP contribution is -2.21. The molecule has 0 saturated carbocycles. The Morgan fingerprint density at radius 2 is 1.91 bits per heavy atom. The zero-order chi connectivity index (χ0) is 16.6. The van der Waals surface area contributed by atoms with Gasteiger partial charge in [-0.1, -0.05) is 35.3 Å². The van der Waals surface area contributed by atoms with Crippen LogP contribution in [0.4, 0.5) is 5.69 Å². The molecule has 3 aromatic rings. The molecule has 1 aromatic heterocycles. The van der Waals surface area contributed by atoms with E-state index in [1.807, 2.05) is 6.92 Å². The van der Waals surface area contributed by atoms with E-state index < -0.39 is 11.5 Å². The molecule has 0 fully saturated rings. The lowest BCUT2D eigenvalue weighted by molar-refractivity contribution is 0.102. The molecule has 4 nitrogen and oxygen atoms in total. The average molecular weight is 348 g/mol. The normalized spacial score (nSPS) is 10.7. The zero-order valence-corrected chi connectivity index (χ0v) is 13.5. The van der Waals surface area contributed by atoms with E-state index in [9.17, 15) is 9.59 Å². The molecule has 6 heteroatoms. The van der Waals surface area contributed by atoms with Gasteiger partial charge in [-0.05, 0) is 42.8 Å². The van der Waals surface area contributed by atoms with Gasteiger partial charge in [0.05, 0.1) is 5.02 Å². The highest BCUT2D eigenvalue weighted by Gasteiger charge is 2.15. The maximum Gasteiger partial charge on any atom is 0.349 e. The summed E-state index contributed by atoms with van der Waals surface area (Å²) < 4.78 is 5.16. The minimum atomic E-state index is -0.741. The summed E-state index contributed by atoms with van der Waals surface area (Å²) in [5.41, 5.74) is 0.797. The van der Waals surface area contributed by atoms with Crippen molar-refractivity contribution in [2.24, 2.45) is 0 Å². The first-order valence-corrected chi connectivity index (χ1v) is 7.51. The zero-order valence-electron chi connectivity index (χ0n) is 12.0. The van der Waals surface area contributed by atoms with Gasteiger partial charge in [-0.15, -0.1) is 0 Å². The first kappa shape index (κ1) is 15.6. The summed E-state index contributed by atoms with van der Waals surface area (Å²) in [6.07, 6.45) is 0. The average Bonchev–Trinajstić information content (AvgIpc) is 2.50. The Labute approximate surface area is 141 Å². The van der Waals surface area contributed by atoms with Crippen LogP contribution in [-0.2, 0) is 0 Å². The van der Waals surface area contributed by atoms with Gasteiger partial charge < -0.3 is 9.73 Å². The molecular weight excluding hydrogens is 337 g/mol. The molecule has 2 aromatic carbocycles. The molecule has 0 unspecified atom stereocenters. The van der Waals surface area contributed by atoms with E-state index in [-0.39, 0.29) is 11.1 Å². The van der Waals surface area contributed by atoms with Crippen molar-refractivity contribution in [1.29, 1.82) is 0 Å². The number of hydrogen-bond acceptors (Lipinski definition) is 3. The van der Waals surface area contributed by atoms with Gasteiger partial charge >= 0.3 is 5.63 Å². The highest BCUT2D eigenvalue weighted by Crippen LogP contribution is 2.23. The van der Waals surface area contributed by atoms with Gasteiger partial charge in [0, 0.05) is 16.1 Å². The Bertz CT molecular complexity index is 979. The lowest BCUT2D eigenvalue weighted by atomic mass is 10.1. The van der Waals surface area contributed by atoms with Crippen LogP contribution in [0.1, 0.15) is 15.9 Å². The second-order valence-electron chi connectivity index (χ2n) is 5.02. The van der Waals surface area contributed by atoms with E-state index in [2.05, 4.69) is 5.32 Å². The highest BCUT2D eigenvalue weighted by atomic mass is 35.5. The summed E-state index contributed by atoms with van der Waals surface area (Å²) in [4.78, 5) is 24.4. The first-order valence-electron chi connectivity index (χ1n) is 6.75. The van der Waals surface area contributed by atoms with Gasteiger partial charge in [0.2, 0.25) is 0 Å². The van der Waals surface area contributed by atoms with Crippen molar-refractivity contribution >= 4 is 45.8 Å². The van der Waals surface area contributed by atoms with Crippen molar-refractivity contribution in [2.45, 2.75) is 6.92 Å². The number of amides is 1. The Balaban J connectivity index is 2.01. The predicted octanol–water partition coefficient (Wildman–Crippen LogP) is 4.66. The standard InChI is InChI=1S/C17H11Cl2NO3/c1-9-7-11(18)5-6-14(9)20-16(21)12-8-10-3-2-4-13(19)15(10)23-17(12)22/h2-8H,1H3,(H,20,21). The molecule has 3 rings (SSSR count). The third kappa shape index (κ3) is 3.09.